The van der Waals surface area contributed by atoms with E-state index in [9.17, 15) is 9.59 Å². The van der Waals surface area contributed by atoms with Gasteiger partial charge in [0.25, 0.3) is 11.8 Å². The first-order valence-corrected chi connectivity index (χ1v) is 17.4. The van der Waals surface area contributed by atoms with Crippen LogP contribution in [0.15, 0.2) is 107 Å². The van der Waals surface area contributed by atoms with Gasteiger partial charge in [-0.2, -0.15) is 0 Å². The van der Waals surface area contributed by atoms with Gasteiger partial charge in [-0.3, -0.25) is 9.59 Å². The third-order valence-corrected chi connectivity index (χ3v) is 9.64. The van der Waals surface area contributed by atoms with Gasteiger partial charge in [-0.1, -0.05) is 104 Å². The molecular weight excluding hydrogens is 627 g/mol. The molecule has 232 valence electrons. The maximum Gasteiger partial charge on any atom is 0.254 e. The molecule has 0 saturated carbocycles. The van der Waals surface area contributed by atoms with Crippen LogP contribution in [0.2, 0.25) is 10.0 Å². The van der Waals surface area contributed by atoms with Crippen LogP contribution < -0.4 is 0 Å². The molecular formula is C36H40Cl2N2O2S2. The van der Waals surface area contributed by atoms with Gasteiger partial charge >= 0.3 is 0 Å². The highest BCUT2D eigenvalue weighted by Crippen LogP contribution is 2.31. The number of likely N-dealkylation sites (N-methyl/N-ethyl adjacent to an activating group) is 2. The van der Waals surface area contributed by atoms with E-state index in [4.69, 9.17) is 23.2 Å². The van der Waals surface area contributed by atoms with Gasteiger partial charge in [-0.05, 0) is 65.8 Å². The van der Waals surface area contributed by atoms with Crippen LogP contribution in [0.3, 0.4) is 0 Å². The molecule has 8 heteroatoms. The fourth-order valence-corrected chi connectivity index (χ4v) is 6.55. The standard InChI is InChI=1S/2C18H20ClNOS/c1-3-22-17-15(10-7-11-16(17)19)18(21)20(2)13-12-14-8-5-4-6-9-14;1-3-22-17-10-9-15(13-16(17)19)18(21)20(2)12-11-14-7-5-4-6-8-14/h4-11H,3,12-13H2,1-2H3;4-10,13H,3,11-12H2,1-2H3. The minimum Gasteiger partial charge on any atom is -0.341 e. The molecule has 4 nitrogen and oxygen atoms in total. The number of carbonyl (C=O) groups excluding carboxylic acids is 2. The Bertz CT molecular complexity index is 1490. The van der Waals surface area contributed by atoms with Crippen LogP contribution >= 0.6 is 46.7 Å². The molecule has 2 amide bonds. The molecule has 0 N–H and O–H groups in total. The third-order valence-electron chi connectivity index (χ3n) is 6.82. The molecule has 0 atom stereocenters. The fourth-order valence-electron chi connectivity index (χ4n) is 4.39. The Morgan fingerprint density at radius 1 is 0.636 bits per heavy atom. The van der Waals surface area contributed by atoms with E-state index >= 15 is 0 Å². The number of amides is 2. The van der Waals surface area contributed by atoms with E-state index in [1.54, 1.807) is 39.4 Å². The number of benzene rings is 4. The van der Waals surface area contributed by atoms with E-state index in [0.29, 0.717) is 34.3 Å². The molecule has 0 unspecified atom stereocenters. The quantitative estimate of drug-likeness (QED) is 0.141. The molecule has 0 heterocycles. The van der Waals surface area contributed by atoms with E-state index < -0.39 is 0 Å². The molecule has 0 aliphatic heterocycles. The molecule has 0 radical (unpaired) electrons. The maximum atomic E-state index is 12.7. The van der Waals surface area contributed by atoms with Crippen molar-refractivity contribution >= 4 is 58.5 Å². The van der Waals surface area contributed by atoms with Crippen LogP contribution in [0.4, 0.5) is 0 Å². The fraction of sp³-hybridized carbons (Fsp3) is 0.278. The van der Waals surface area contributed by atoms with Crippen molar-refractivity contribution in [1.29, 1.82) is 0 Å². The molecule has 0 aliphatic rings. The SMILES string of the molecule is CCSc1c(Cl)cccc1C(=O)N(C)CCc1ccccc1.CCSc1ccc(C(=O)N(C)CCc2ccccc2)cc1Cl. The molecule has 0 fully saturated rings. The van der Waals surface area contributed by atoms with Gasteiger partial charge in [0.1, 0.15) is 0 Å². The predicted octanol–water partition coefficient (Wildman–Crippen LogP) is 9.53. The predicted molar refractivity (Wildman–Crippen MR) is 190 cm³/mol. The molecule has 4 rings (SSSR count). The van der Waals surface area contributed by atoms with Crippen LogP contribution in [0.1, 0.15) is 45.7 Å². The second kappa shape index (κ2) is 18.8. The van der Waals surface area contributed by atoms with Crippen LogP contribution in [-0.2, 0) is 12.8 Å². The molecule has 0 spiro atoms. The summed E-state index contributed by atoms with van der Waals surface area (Å²) in [6.07, 6.45) is 1.69. The molecule has 0 aliphatic carbocycles. The largest absolute Gasteiger partial charge is 0.341 e. The van der Waals surface area contributed by atoms with Gasteiger partial charge in [0.05, 0.1) is 15.6 Å². The Morgan fingerprint density at radius 3 is 1.70 bits per heavy atom. The number of hydrogen-bond acceptors (Lipinski definition) is 4. The van der Waals surface area contributed by atoms with Gasteiger partial charge in [0.15, 0.2) is 0 Å². The molecule has 44 heavy (non-hydrogen) atoms. The number of thioether (sulfide) groups is 2. The Morgan fingerprint density at radius 2 is 1.18 bits per heavy atom. The lowest BCUT2D eigenvalue weighted by molar-refractivity contribution is 0.0787. The summed E-state index contributed by atoms with van der Waals surface area (Å²) in [5.74, 6) is 1.88. The topological polar surface area (TPSA) is 40.6 Å². The molecule has 4 aromatic carbocycles. The molecule has 0 aromatic heterocycles. The van der Waals surface area contributed by atoms with Crippen LogP contribution in [-0.4, -0.2) is 60.3 Å². The van der Waals surface area contributed by atoms with Crippen molar-refractivity contribution in [3.8, 4) is 0 Å². The van der Waals surface area contributed by atoms with Crippen molar-refractivity contribution in [2.75, 3.05) is 38.7 Å². The summed E-state index contributed by atoms with van der Waals surface area (Å²) in [7, 11) is 3.67. The Labute approximate surface area is 281 Å². The van der Waals surface area contributed by atoms with Crippen molar-refractivity contribution in [2.24, 2.45) is 0 Å². The van der Waals surface area contributed by atoms with Gasteiger partial charge in [0, 0.05) is 42.5 Å². The van der Waals surface area contributed by atoms with E-state index in [2.05, 4.69) is 38.1 Å². The van der Waals surface area contributed by atoms with E-state index in [0.717, 1.165) is 34.1 Å². The number of nitrogens with zero attached hydrogens (tertiary/aromatic N) is 2. The van der Waals surface area contributed by atoms with E-state index in [-0.39, 0.29) is 11.8 Å². The number of hydrogen-bond donors (Lipinski definition) is 0. The van der Waals surface area contributed by atoms with E-state index in [1.807, 2.05) is 80.8 Å². The number of carbonyl (C=O) groups is 2. The van der Waals surface area contributed by atoms with Gasteiger partial charge < -0.3 is 9.80 Å². The molecule has 0 saturated heterocycles. The Hall–Kier alpha value is -2.90. The van der Waals surface area contributed by atoms with Crippen molar-refractivity contribution in [3.63, 3.8) is 0 Å². The summed E-state index contributed by atoms with van der Waals surface area (Å²) in [4.78, 5) is 30.5. The summed E-state index contributed by atoms with van der Waals surface area (Å²) in [5, 5.41) is 1.29. The van der Waals surface area contributed by atoms with Gasteiger partial charge in [-0.25, -0.2) is 0 Å². The Kier molecular flexibility index (Phi) is 15.2. The molecule has 4 aromatic rings. The third kappa shape index (κ3) is 10.9. The van der Waals surface area contributed by atoms with Crippen molar-refractivity contribution in [2.45, 2.75) is 36.5 Å². The van der Waals surface area contributed by atoms with Crippen LogP contribution in [0.25, 0.3) is 0 Å². The second-order valence-electron chi connectivity index (χ2n) is 10.1. The Balaban J connectivity index is 0.000000240. The minimum absolute atomic E-state index is 0.00544. The van der Waals surface area contributed by atoms with Crippen molar-refractivity contribution in [1.82, 2.24) is 9.80 Å². The average Bonchev–Trinajstić information content (AvgIpc) is 3.05. The maximum absolute atomic E-state index is 12.7. The van der Waals surface area contributed by atoms with E-state index in [1.165, 1.54) is 11.1 Å². The van der Waals surface area contributed by atoms with Gasteiger partial charge in [-0.15, -0.1) is 23.5 Å². The summed E-state index contributed by atoms with van der Waals surface area (Å²) >= 11 is 15.8. The second-order valence-corrected chi connectivity index (χ2v) is 13.4. The average molecular weight is 668 g/mol. The lowest BCUT2D eigenvalue weighted by Gasteiger charge is -2.19. The summed E-state index contributed by atoms with van der Waals surface area (Å²) in [6.45, 7) is 5.51. The molecule has 0 bridgehead atoms. The highest BCUT2D eigenvalue weighted by molar-refractivity contribution is 7.99. The first kappa shape index (κ1) is 35.6. The van der Waals surface area contributed by atoms with Crippen molar-refractivity contribution < 1.29 is 9.59 Å². The van der Waals surface area contributed by atoms with Crippen molar-refractivity contribution in [3.05, 3.63) is 129 Å². The summed E-state index contributed by atoms with van der Waals surface area (Å²) < 4.78 is 0. The number of halogens is 2. The normalized spacial score (nSPS) is 10.5. The van der Waals surface area contributed by atoms with Gasteiger partial charge in [0.2, 0.25) is 0 Å². The first-order valence-electron chi connectivity index (χ1n) is 14.7. The minimum atomic E-state index is 0.00544. The number of rotatable bonds is 12. The highest BCUT2D eigenvalue weighted by Gasteiger charge is 2.18. The smallest absolute Gasteiger partial charge is 0.254 e. The zero-order valence-corrected chi connectivity index (χ0v) is 28.9. The summed E-state index contributed by atoms with van der Waals surface area (Å²) in [5.41, 5.74) is 3.79. The lowest BCUT2D eigenvalue weighted by atomic mass is 10.1. The summed E-state index contributed by atoms with van der Waals surface area (Å²) in [6, 6.07) is 31.4. The van der Waals surface area contributed by atoms with Crippen LogP contribution in [0.5, 0.6) is 0 Å². The highest BCUT2D eigenvalue weighted by atomic mass is 35.5. The van der Waals surface area contributed by atoms with Crippen LogP contribution in [0, 0.1) is 0 Å². The zero-order chi connectivity index (χ0) is 31.9. The first-order chi connectivity index (χ1) is 21.2. The monoisotopic (exact) mass is 666 g/mol. The zero-order valence-electron chi connectivity index (χ0n) is 25.8. The lowest BCUT2D eigenvalue weighted by Crippen LogP contribution is -2.29.